The molecule has 0 radical (unpaired) electrons. The molecule has 1 aliphatic rings. The Hall–Kier alpha value is -0.120. The lowest BCUT2D eigenvalue weighted by molar-refractivity contribution is 0.0139. The average Bonchev–Trinajstić information content (AvgIpc) is 2.44. The van der Waals surface area contributed by atoms with Crippen LogP contribution in [0.3, 0.4) is 0 Å². The molecule has 1 rings (SSSR count). The highest BCUT2D eigenvalue weighted by Crippen LogP contribution is 2.14. The van der Waals surface area contributed by atoms with Crippen LogP contribution in [0.5, 0.6) is 0 Å². The molecule has 1 saturated heterocycles. The summed E-state index contributed by atoms with van der Waals surface area (Å²) in [4.78, 5) is 2.61. The second-order valence-corrected chi connectivity index (χ2v) is 5.70. The largest absolute Gasteiger partial charge is 0.378 e. The Kier molecular flexibility index (Phi) is 9.48. The van der Waals surface area contributed by atoms with Crippen LogP contribution in [-0.4, -0.2) is 49.8 Å². The summed E-state index contributed by atoms with van der Waals surface area (Å²) in [6.45, 7) is 12.4. The molecule has 1 unspecified atom stereocenters. The van der Waals surface area contributed by atoms with Crippen molar-refractivity contribution in [2.24, 2.45) is 0 Å². The SMILES string of the molecule is CCCNC(CC)CCCN1CCC(OCC)CC1. The third-order valence-corrected chi connectivity index (χ3v) is 4.14. The van der Waals surface area contributed by atoms with Gasteiger partial charge in [0.1, 0.15) is 0 Å². The van der Waals surface area contributed by atoms with Crippen LogP contribution in [0.1, 0.15) is 59.3 Å². The summed E-state index contributed by atoms with van der Waals surface area (Å²) in [5, 5.41) is 3.64. The van der Waals surface area contributed by atoms with E-state index >= 15 is 0 Å². The summed E-state index contributed by atoms with van der Waals surface area (Å²) in [5.74, 6) is 0. The number of rotatable bonds is 10. The highest BCUT2D eigenvalue weighted by Gasteiger charge is 2.18. The lowest BCUT2D eigenvalue weighted by atomic mass is 10.1. The van der Waals surface area contributed by atoms with Gasteiger partial charge in [0.05, 0.1) is 6.10 Å². The maximum absolute atomic E-state index is 5.70. The molecule has 0 aromatic carbocycles. The number of ether oxygens (including phenoxy) is 1. The van der Waals surface area contributed by atoms with E-state index < -0.39 is 0 Å². The quantitative estimate of drug-likeness (QED) is 0.660. The maximum Gasteiger partial charge on any atom is 0.0599 e. The summed E-state index contributed by atoms with van der Waals surface area (Å²) in [5.41, 5.74) is 0. The highest BCUT2D eigenvalue weighted by atomic mass is 16.5. The summed E-state index contributed by atoms with van der Waals surface area (Å²) < 4.78 is 5.70. The van der Waals surface area contributed by atoms with Gasteiger partial charge in [0.2, 0.25) is 0 Å². The van der Waals surface area contributed by atoms with E-state index in [0.717, 1.165) is 19.2 Å². The Morgan fingerprint density at radius 1 is 1.21 bits per heavy atom. The normalized spacial score (nSPS) is 19.7. The monoisotopic (exact) mass is 270 g/mol. The number of piperidine rings is 1. The standard InChI is InChI=1S/C16H34N2O/c1-4-11-17-15(5-2)8-7-12-18-13-9-16(10-14-18)19-6-3/h15-17H,4-14H2,1-3H3. The first-order valence-electron chi connectivity index (χ1n) is 8.37. The first kappa shape index (κ1) is 16.9. The predicted octanol–water partition coefficient (Wildman–Crippen LogP) is 3.05. The van der Waals surface area contributed by atoms with Crippen molar-refractivity contribution in [1.29, 1.82) is 0 Å². The molecule has 0 aromatic rings. The van der Waals surface area contributed by atoms with Gasteiger partial charge in [0, 0.05) is 25.7 Å². The molecule has 0 bridgehead atoms. The Labute approximate surface area is 120 Å². The van der Waals surface area contributed by atoms with Gasteiger partial charge in [-0.3, -0.25) is 0 Å². The highest BCUT2D eigenvalue weighted by molar-refractivity contribution is 4.73. The predicted molar refractivity (Wildman–Crippen MR) is 82.7 cm³/mol. The van der Waals surface area contributed by atoms with Crippen molar-refractivity contribution in [2.45, 2.75) is 71.4 Å². The third-order valence-electron chi connectivity index (χ3n) is 4.14. The number of hydrogen-bond donors (Lipinski definition) is 1. The van der Waals surface area contributed by atoms with Gasteiger partial charge in [0.25, 0.3) is 0 Å². The number of nitrogens with one attached hydrogen (secondary N) is 1. The smallest absolute Gasteiger partial charge is 0.0599 e. The zero-order valence-electron chi connectivity index (χ0n) is 13.3. The molecule has 1 aliphatic heterocycles. The summed E-state index contributed by atoms with van der Waals surface area (Å²) in [7, 11) is 0. The average molecular weight is 270 g/mol. The Balaban J connectivity index is 2.06. The molecule has 0 aromatic heterocycles. The fourth-order valence-electron chi connectivity index (χ4n) is 2.90. The summed E-state index contributed by atoms with van der Waals surface area (Å²) in [6.07, 6.45) is 8.11. The molecule has 0 aliphatic carbocycles. The minimum atomic E-state index is 0.524. The van der Waals surface area contributed by atoms with E-state index in [1.807, 2.05) is 0 Å². The Morgan fingerprint density at radius 3 is 2.53 bits per heavy atom. The van der Waals surface area contributed by atoms with Crippen LogP contribution in [0.2, 0.25) is 0 Å². The van der Waals surface area contributed by atoms with Crippen molar-refractivity contribution < 1.29 is 4.74 Å². The minimum Gasteiger partial charge on any atom is -0.378 e. The molecule has 0 spiro atoms. The van der Waals surface area contributed by atoms with Gasteiger partial charge in [-0.2, -0.15) is 0 Å². The minimum absolute atomic E-state index is 0.524. The molecule has 1 atom stereocenters. The van der Waals surface area contributed by atoms with Gasteiger partial charge in [0.15, 0.2) is 0 Å². The first-order chi connectivity index (χ1) is 9.30. The van der Waals surface area contributed by atoms with Gasteiger partial charge in [-0.1, -0.05) is 13.8 Å². The van der Waals surface area contributed by atoms with Crippen molar-refractivity contribution in [3.8, 4) is 0 Å². The second kappa shape index (κ2) is 10.6. The molecule has 1 N–H and O–H groups in total. The molecule has 114 valence electrons. The van der Waals surface area contributed by atoms with E-state index in [0.29, 0.717) is 6.10 Å². The topological polar surface area (TPSA) is 24.5 Å². The molecule has 3 heteroatoms. The third kappa shape index (κ3) is 7.28. The molecule has 3 nitrogen and oxygen atoms in total. The van der Waals surface area contributed by atoms with Gasteiger partial charge >= 0.3 is 0 Å². The van der Waals surface area contributed by atoms with Crippen molar-refractivity contribution in [3.05, 3.63) is 0 Å². The van der Waals surface area contributed by atoms with Crippen LogP contribution in [0.4, 0.5) is 0 Å². The van der Waals surface area contributed by atoms with E-state index in [-0.39, 0.29) is 0 Å². The van der Waals surface area contributed by atoms with Crippen LogP contribution in [-0.2, 0) is 4.74 Å². The second-order valence-electron chi connectivity index (χ2n) is 5.70. The number of hydrogen-bond acceptors (Lipinski definition) is 3. The Bertz CT molecular complexity index is 203. The first-order valence-corrected chi connectivity index (χ1v) is 8.37. The van der Waals surface area contributed by atoms with Crippen molar-refractivity contribution in [1.82, 2.24) is 10.2 Å². The van der Waals surface area contributed by atoms with Crippen LogP contribution in [0.15, 0.2) is 0 Å². The molecule has 0 amide bonds. The molecule has 1 fully saturated rings. The van der Waals surface area contributed by atoms with Crippen molar-refractivity contribution >= 4 is 0 Å². The maximum atomic E-state index is 5.70. The lowest BCUT2D eigenvalue weighted by Gasteiger charge is -2.32. The summed E-state index contributed by atoms with van der Waals surface area (Å²) >= 11 is 0. The molecule has 19 heavy (non-hydrogen) atoms. The van der Waals surface area contributed by atoms with Crippen LogP contribution >= 0.6 is 0 Å². The lowest BCUT2D eigenvalue weighted by Crippen LogP contribution is -2.38. The van der Waals surface area contributed by atoms with Gasteiger partial charge in [-0.25, -0.2) is 0 Å². The molecular weight excluding hydrogens is 236 g/mol. The number of likely N-dealkylation sites (tertiary alicyclic amines) is 1. The zero-order valence-corrected chi connectivity index (χ0v) is 13.3. The van der Waals surface area contributed by atoms with Gasteiger partial charge < -0.3 is 15.0 Å². The van der Waals surface area contributed by atoms with Gasteiger partial charge in [-0.05, 0) is 58.5 Å². The number of nitrogens with zero attached hydrogens (tertiary/aromatic N) is 1. The van der Waals surface area contributed by atoms with E-state index in [1.54, 1.807) is 0 Å². The summed E-state index contributed by atoms with van der Waals surface area (Å²) in [6, 6.07) is 0.723. The van der Waals surface area contributed by atoms with E-state index in [1.165, 1.54) is 58.2 Å². The molecular formula is C16H34N2O. The zero-order chi connectivity index (χ0) is 13.9. The molecule has 1 heterocycles. The van der Waals surface area contributed by atoms with Crippen LogP contribution in [0.25, 0.3) is 0 Å². The van der Waals surface area contributed by atoms with E-state index in [2.05, 4.69) is 31.0 Å². The molecule has 0 saturated carbocycles. The van der Waals surface area contributed by atoms with Gasteiger partial charge in [-0.15, -0.1) is 0 Å². The fraction of sp³-hybridized carbons (Fsp3) is 1.00. The Morgan fingerprint density at radius 2 is 1.95 bits per heavy atom. The van der Waals surface area contributed by atoms with Crippen LogP contribution in [0, 0.1) is 0 Å². The fourth-order valence-corrected chi connectivity index (χ4v) is 2.90. The van der Waals surface area contributed by atoms with E-state index in [9.17, 15) is 0 Å². The van der Waals surface area contributed by atoms with Crippen molar-refractivity contribution in [3.63, 3.8) is 0 Å². The van der Waals surface area contributed by atoms with E-state index in [4.69, 9.17) is 4.74 Å². The van der Waals surface area contributed by atoms with Crippen molar-refractivity contribution in [2.75, 3.05) is 32.8 Å². The van der Waals surface area contributed by atoms with Crippen LogP contribution < -0.4 is 5.32 Å².